The highest BCUT2D eigenvalue weighted by Crippen LogP contribution is 2.03. The van der Waals surface area contributed by atoms with Crippen molar-refractivity contribution in [3.8, 4) is 6.07 Å². The summed E-state index contributed by atoms with van der Waals surface area (Å²) in [5.41, 5.74) is 1.77. The number of methoxy groups -OCH3 is 1. The van der Waals surface area contributed by atoms with Crippen LogP contribution >= 0.6 is 0 Å². The van der Waals surface area contributed by atoms with Crippen molar-refractivity contribution in [2.45, 2.75) is 6.61 Å². The van der Waals surface area contributed by atoms with Gasteiger partial charge >= 0.3 is 0 Å². The van der Waals surface area contributed by atoms with E-state index in [-0.39, 0.29) is 0 Å². The molecule has 0 aromatic heterocycles. The molecule has 0 radical (unpaired) electrons. The van der Waals surface area contributed by atoms with Gasteiger partial charge in [-0.3, -0.25) is 0 Å². The molecule has 0 fully saturated rings. The highest BCUT2D eigenvalue weighted by Gasteiger charge is 1.91. The Bertz CT molecular complexity index is 258. The number of hydrogen-bond donors (Lipinski definition) is 0. The minimum absolute atomic E-state index is 0.603. The van der Waals surface area contributed by atoms with E-state index in [1.54, 1.807) is 19.2 Å². The first-order chi connectivity index (χ1) is 5.36. The van der Waals surface area contributed by atoms with Crippen molar-refractivity contribution >= 4 is 0 Å². The van der Waals surface area contributed by atoms with Crippen molar-refractivity contribution < 1.29 is 4.74 Å². The Hall–Kier alpha value is -1.33. The molecule has 0 aliphatic carbocycles. The summed E-state index contributed by atoms with van der Waals surface area (Å²) in [5, 5.41) is 8.48. The maximum atomic E-state index is 8.48. The van der Waals surface area contributed by atoms with Crippen LogP contribution in [0, 0.1) is 11.3 Å². The fourth-order valence-corrected chi connectivity index (χ4v) is 0.842. The van der Waals surface area contributed by atoms with Crippen LogP contribution in [0.4, 0.5) is 0 Å². The first kappa shape index (κ1) is 7.77. The van der Waals surface area contributed by atoms with E-state index in [2.05, 4.69) is 6.07 Å². The second-order valence-corrected chi connectivity index (χ2v) is 2.24. The Kier molecular flexibility index (Phi) is 2.65. The number of benzene rings is 1. The molecule has 0 saturated heterocycles. The first-order valence-corrected chi connectivity index (χ1v) is 3.35. The number of ether oxygens (including phenoxy) is 1. The van der Waals surface area contributed by atoms with E-state index in [9.17, 15) is 0 Å². The lowest BCUT2D eigenvalue weighted by molar-refractivity contribution is 0.185. The predicted octanol–water partition coefficient (Wildman–Crippen LogP) is 1.70. The van der Waals surface area contributed by atoms with Gasteiger partial charge in [0.05, 0.1) is 18.2 Å². The summed E-state index contributed by atoms with van der Waals surface area (Å²) in [6, 6.07) is 9.41. The van der Waals surface area contributed by atoms with Crippen LogP contribution in [0.2, 0.25) is 0 Å². The van der Waals surface area contributed by atoms with Crippen LogP contribution < -0.4 is 0 Å². The Morgan fingerprint density at radius 3 is 2.45 bits per heavy atom. The second-order valence-electron chi connectivity index (χ2n) is 2.24. The molecule has 0 saturated carbocycles. The lowest BCUT2D eigenvalue weighted by atomic mass is 10.2. The summed E-state index contributed by atoms with van der Waals surface area (Å²) in [4.78, 5) is 0. The summed E-state index contributed by atoms with van der Waals surface area (Å²) in [6.45, 7) is 0.603. The maximum Gasteiger partial charge on any atom is 0.0991 e. The van der Waals surface area contributed by atoms with Crippen LogP contribution in [0.25, 0.3) is 0 Å². The molecule has 0 heterocycles. The Morgan fingerprint density at radius 2 is 2.00 bits per heavy atom. The molecule has 0 aliphatic rings. The van der Waals surface area contributed by atoms with Crippen LogP contribution in [-0.2, 0) is 11.3 Å². The third kappa shape index (κ3) is 2.06. The quantitative estimate of drug-likeness (QED) is 0.637. The van der Waals surface area contributed by atoms with Gasteiger partial charge in [0.2, 0.25) is 0 Å². The molecule has 2 heteroatoms. The highest BCUT2D eigenvalue weighted by atomic mass is 16.5. The van der Waals surface area contributed by atoms with Gasteiger partial charge in [0, 0.05) is 7.11 Å². The normalized spacial score (nSPS) is 9.09. The zero-order valence-corrected chi connectivity index (χ0v) is 6.37. The van der Waals surface area contributed by atoms with Crippen LogP contribution in [0.3, 0.4) is 0 Å². The number of nitrogens with zero attached hydrogens (tertiary/aromatic N) is 1. The molecule has 56 valence electrons. The van der Waals surface area contributed by atoms with Crippen LogP contribution in [0.15, 0.2) is 24.3 Å². The van der Waals surface area contributed by atoms with E-state index in [0.29, 0.717) is 12.2 Å². The number of nitriles is 1. The molecular weight excluding hydrogens is 138 g/mol. The van der Waals surface area contributed by atoms with Gasteiger partial charge in [0.25, 0.3) is 0 Å². The number of hydrogen-bond acceptors (Lipinski definition) is 2. The standard InChI is InChI=1S/C9H9NO/c1-11-7-9-4-2-8(6-10)3-5-9/h2-5H,7H2,1H3. The van der Waals surface area contributed by atoms with Crippen molar-refractivity contribution in [1.82, 2.24) is 0 Å². The van der Waals surface area contributed by atoms with Gasteiger partial charge in [0.1, 0.15) is 0 Å². The van der Waals surface area contributed by atoms with Crippen molar-refractivity contribution in [3.63, 3.8) is 0 Å². The van der Waals surface area contributed by atoms with Crippen molar-refractivity contribution in [1.29, 1.82) is 5.26 Å². The van der Waals surface area contributed by atoms with E-state index in [1.165, 1.54) is 0 Å². The molecule has 0 amide bonds. The summed E-state index contributed by atoms with van der Waals surface area (Å²) < 4.78 is 4.92. The first-order valence-electron chi connectivity index (χ1n) is 3.35. The molecule has 0 spiro atoms. The van der Waals surface area contributed by atoms with Gasteiger partial charge in [-0.2, -0.15) is 5.26 Å². The average molecular weight is 147 g/mol. The van der Waals surface area contributed by atoms with Crippen LogP contribution in [-0.4, -0.2) is 7.11 Å². The summed E-state index contributed by atoms with van der Waals surface area (Å²) in [6.07, 6.45) is 0. The molecule has 1 rings (SSSR count). The lowest BCUT2D eigenvalue weighted by Gasteiger charge is -1.97. The predicted molar refractivity (Wildman–Crippen MR) is 41.9 cm³/mol. The number of rotatable bonds is 2. The molecule has 0 unspecified atom stereocenters. The molecule has 1 aromatic rings. The average Bonchev–Trinajstić information content (AvgIpc) is 2.07. The van der Waals surface area contributed by atoms with Gasteiger partial charge < -0.3 is 4.74 Å². The second kappa shape index (κ2) is 3.75. The van der Waals surface area contributed by atoms with E-state index in [4.69, 9.17) is 10.00 Å². The largest absolute Gasteiger partial charge is 0.380 e. The van der Waals surface area contributed by atoms with Crippen molar-refractivity contribution in [3.05, 3.63) is 35.4 Å². The smallest absolute Gasteiger partial charge is 0.0991 e. The zero-order valence-electron chi connectivity index (χ0n) is 6.37. The minimum Gasteiger partial charge on any atom is -0.380 e. The third-order valence-corrected chi connectivity index (χ3v) is 1.39. The van der Waals surface area contributed by atoms with Gasteiger partial charge in [-0.25, -0.2) is 0 Å². The maximum absolute atomic E-state index is 8.48. The van der Waals surface area contributed by atoms with Crippen LogP contribution in [0.1, 0.15) is 11.1 Å². The third-order valence-electron chi connectivity index (χ3n) is 1.39. The Labute approximate surface area is 66.0 Å². The fraction of sp³-hybridized carbons (Fsp3) is 0.222. The van der Waals surface area contributed by atoms with Gasteiger partial charge in [-0.15, -0.1) is 0 Å². The van der Waals surface area contributed by atoms with Crippen LogP contribution in [0.5, 0.6) is 0 Å². The van der Waals surface area contributed by atoms with Crippen molar-refractivity contribution in [2.75, 3.05) is 7.11 Å². The van der Waals surface area contributed by atoms with Gasteiger partial charge in [0.15, 0.2) is 0 Å². The summed E-state index contributed by atoms with van der Waals surface area (Å²) >= 11 is 0. The van der Waals surface area contributed by atoms with E-state index >= 15 is 0 Å². The molecular formula is C9H9NO. The van der Waals surface area contributed by atoms with E-state index in [1.807, 2.05) is 12.1 Å². The molecule has 11 heavy (non-hydrogen) atoms. The van der Waals surface area contributed by atoms with E-state index < -0.39 is 0 Å². The Morgan fingerprint density at radius 1 is 1.36 bits per heavy atom. The summed E-state index contributed by atoms with van der Waals surface area (Å²) in [5.74, 6) is 0. The lowest BCUT2D eigenvalue weighted by Crippen LogP contribution is -1.86. The molecule has 0 aliphatic heterocycles. The topological polar surface area (TPSA) is 33.0 Å². The highest BCUT2D eigenvalue weighted by molar-refractivity contribution is 5.31. The molecule has 0 N–H and O–H groups in total. The molecule has 0 atom stereocenters. The molecule has 0 bridgehead atoms. The summed E-state index contributed by atoms with van der Waals surface area (Å²) in [7, 11) is 1.65. The Balaban J connectivity index is 2.76. The van der Waals surface area contributed by atoms with Gasteiger partial charge in [-0.1, -0.05) is 12.1 Å². The SMILES string of the molecule is COCc1ccc(C#N)cc1. The monoisotopic (exact) mass is 147 g/mol. The minimum atomic E-state index is 0.603. The fourth-order valence-electron chi connectivity index (χ4n) is 0.842. The van der Waals surface area contributed by atoms with Gasteiger partial charge in [-0.05, 0) is 17.7 Å². The van der Waals surface area contributed by atoms with E-state index in [0.717, 1.165) is 5.56 Å². The molecule has 2 nitrogen and oxygen atoms in total. The zero-order chi connectivity index (χ0) is 8.10. The molecule has 1 aromatic carbocycles. The van der Waals surface area contributed by atoms with Crippen molar-refractivity contribution in [2.24, 2.45) is 0 Å².